The Balaban J connectivity index is 1.39. The van der Waals surface area contributed by atoms with Crippen molar-refractivity contribution in [1.82, 2.24) is 14.9 Å². The summed E-state index contributed by atoms with van der Waals surface area (Å²) in [7, 11) is 0. The Bertz CT molecular complexity index is 1050. The first-order valence-corrected chi connectivity index (χ1v) is 10.5. The number of nitrogens with one attached hydrogen (secondary N) is 1. The lowest BCUT2D eigenvalue weighted by Gasteiger charge is -2.15. The van der Waals surface area contributed by atoms with Crippen LogP contribution in [0.25, 0.3) is 5.69 Å². The van der Waals surface area contributed by atoms with Crippen LogP contribution in [-0.2, 0) is 4.79 Å². The van der Waals surface area contributed by atoms with Gasteiger partial charge in [0, 0.05) is 17.4 Å². The Morgan fingerprint density at radius 1 is 1.31 bits per heavy atom. The summed E-state index contributed by atoms with van der Waals surface area (Å²) in [5.41, 5.74) is 2.88. The molecule has 6 nitrogen and oxygen atoms in total. The molecule has 150 valence electrons. The van der Waals surface area contributed by atoms with Crippen LogP contribution in [0, 0.1) is 6.92 Å². The van der Waals surface area contributed by atoms with Crippen molar-refractivity contribution in [2.45, 2.75) is 25.0 Å². The van der Waals surface area contributed by atoms with Crippen molar-refractivity contribution in [1.29, 1.82) is 0 Å². The van der Waals surface area contributed by atoms with Crippen molar-refractivity contribution in [2.24, 2.45) is 0 Å². The maximum Gasteiger partial charge on any atom is 0.231 e. The van der Waals surface area contributed by atoms with Crippen molar-refractivity contribution in [3.63, 3.8) is 0 Å². The Labute approximate surface area is 178 Å². The molecule has 1 aliphatic rings. The summed E-state index contributed by atoms with van der Waals surface area (Å²) in [4.78, 5) is 16.9. The lowest BCUT2D eigenvalue weighted by Crippen LogP contribution is -2.28. The average Bonchev–Trinajstić information content (AvgIpc) is 3.37. The molecule has 4 rings (SSSR count). The summed E-state index contributed by atoms with van der Waals surface area (Å²) in [6, 6.07) is 11.3. The summed E-state index contributed by atoms with van der Waals surface area (Å²) in [6.45, 7) is 4.14. The number of carbonyl (C=O) groups excluding carboxylic acids is 1. The van der Waals surface area contributed by atoms with Crippen LogP contribution in [0.5, 0.6) is 11.5 Å². The molecule has 1 amide bonds. The van der Waals surface area contributed by atoms with E-state index in [1.807, 2.05) is 61.0 Å². The maximum absolute atomic E-state index is 12.5. The zero-order valence-corrected chi connectivity index (χ0v) is 17.6. The van der Waals surface area contributed by atoms with Crippen molar-refractivity contribution in [2.75, 3.05) is 12.5 Å². The molecular formula is C21H20ClN3O3S. The Kier molecular flexibility index (Phi) is 5.69. The van der Waals surface area contributed by atoms with Crippen LogP contribution in [0.2, 0.25) is 5.02 Å². The molecule has 1 N–H and O–H groups in total. The van der Waals surface area contributed by atoms with E-state index in [1.54, 1.807) is 6.20 Å². The minimum Gasteiger partial charge on any atom is -0.454 e. The first-order valence-electron chi connectivity index (χ1n) is 9.13. The summed E-state index contributed by atoms with van der Waals surface area (Å²) in [6.07, 6.45) is 3.59. The van der Waals surface area contributed by atoms with Gasteiger partial charge in [-0.1, -0.05) is 35.5 Å². The number of ether oxygens (including phenoxy) is 2. The quantitative estimate of drug-likeness (QED) is 0.583. The monoisotopic (exact) mass is 429 g/mol. The van der Waals surface area contributed by atoms with Gasteiger partial charge in [0.2, 0.25) is 12.7 Å². The van der Waals surface area contributed by atoms with Crippen molar-refractivity contribution >= 4 is 29.3 Å². The van der Waals surface area contributed by atoms with E-state index in [9.17, 15) is 4.79 Å². The molecule has 0 saturated carbocycles. The van der Waals surface area contributed by atoms with E-state index in [1.165, 1.54) is 11.8 Å². The van der Waals surface area contributed by atoms with Gasteiger partial charge in [-0.15, -0.1) is 0 Å². The number of benzene rings is 2. The largest absolute Gasteiger partial charge is 0.454 e. The molecule has 0 saturated heterocycles. The van der Waals surface area contributed by atoms with E-state index in [2.05, 4.69) is 10.3 Å². The van der Waals surface area contributed by atoms with Crippen LogP contribution in [0.1, 0.15) is 24.1 Å². The van der Waals surface area contributed by atoms with Gasteiger partial charge in [0.15, 0.2) is 16.7 Å². The summed E-state index contributed by atoms with van der Waals surface area (Å²) < 4.78 is 12.7. The van der Waals surface area contributed by atoms with Gasteiger partial charge in [-0.25, -0.2) is 4.98 Å². The van der Waals surface area contributed by atoms with E-state index in [4.69, 9.17) is 21.1 Å². The molecule has 2 aromatic carbocycles. The van der Waals surface area contributed by atoms with E-state index in [0.717, 1.165) is 27.7 Å². The molecule has 0 fully saturated rings. The Morgan fingerprint density at radius 3 is 3.00 bits per heavy atom. The number of rotatable bonds is 6. The van der Waals surface area contributed by atoms with Crippen LogP contribution < -0.4 is 14.8 Å². The molecule has 0 bridgehead atoms. The van der Waals surface area contributed by atoms with E-state index >= 15 is 0 Å². The molecule has 0 spiro atoms. The zero-order valence-electron chi connectivity index (χ0n) is 16.0. The fourth-order valence-electron chi connectivity index (χ4n) is 3.12. The first kappa shape index (κ1) is 19.7. The third-order valence-corrected chi connectivity index (χ3v) is 6.09. The normalized spacial score (nSPS) is 13.3. The predicted octanol–water partition coefficient (Wildman–Crippen LogP) is 4.53. The number of fused-ring (bicyclic) bond motifs is 1. The second-order valence-corrected chi connectivity index (χ2v) is 8.00. The van der Waals surface area contributed by atoms with Crippen LogP contribution in [0.3, 0.4) is 0 Å². The highest BCUT2D eigenvalue weighted by atomic mass is 35.5. The standard InChI is InChI=1S/C21H20ClN3O3S/c1-13-16(22)4-3-5-17(13)25-9-8-23-21(25)29-11-20(26)24-14(2)15-6-7-18-19(10-15)28-12-27-18/h3-10,14H,11-12H2,1-2H3,(H,24,26). The summed E-state index contributed by atoms with van der Waals surface area (Å²) in [5, 5.41) is 4.45. The van der Waals surface area contributed by atoms with Gasteiger partial charge in [0.05, 0.1) is 17.5 Å². The molecule has 2 heterocycles. The van der Waals surface area contributed by atoms with Gasteiger partial charge in [-0.3, -0.25) is 9.36 Å². The van der Waals surface area contributed by atoms with Crippen molar-refractivity contribution in [3.05, 3.63) is 64.9 Å². The van der Waals surface area contributed by atoms with Crippen molar-refractivity contribution < 1.29 is 14.3 Å². The van der Waals surface area contributed by atoms with Crippen LogP contribution in [-0.4, -0.2) is 28.0 Å². The molecule has 1 atom stereocenters. The van der Waals surface area contributed by atoms with Crippen LogP contribution >= 0.6 is 23.4 Å². The molecule has 29 heavy (non-hydrogen) atoms. The molecule has 1 unspecified atom stereocenters. The topological polar surface area (TPSA) is 65.4 Å². The smallest absolute Gasteiger partial charge is 0.231 e. The molecule has 0 radical (unpaired) electrons. The third kappa shape index (κ3) is 4.21. The molecular weight excluding hydrogens is 410 g/mol. The third-order valence-electron chi connectivity index (χ3n) is 4.71. The van der Waals surface area contributed by atoms with Crippen LogP contribution in [0.15, 0.2) is 53.9 Å². The highest BCUT2D eigenvalue weighted by Crippen LogP contribution is 2.34. The highest BCUT2D eigenvalue weighted by molar-refractivity contribution is 7.99. The second-order valence-electron chi connectivity index (χ2n) is 6.65. The number of halogens is 1. The van der Waals surface area contributed by atoms with E-state index in [-0.39, 0.29) is 24.5 Å². The molecule has 3 aromatic rings. The highest BCUT2D eigenvalue weighted by Gasteiger charge is 2.17. The fraction of sp³-hybridized carbons (Fsp3) is 0.238. The second kappa shape index (κ2) is 8.39. The number of thioether (sulfide) groups is 1. The maximum atomic E-state index is 12.5. The number of hydrogen-bond acceptors (Lipinski definition) is 5. The van der Waals surface area contributed by atoms with Gasteiger partial charge in [0.25, 0.3) is 0 Å². The lowest BCUT2D eigenvalue weighted by atomic mass is 10.1. The van der Waals surface area contributed by atoms with Crippen molar-refractivity contribution in [3.8, 4) is 17.2 Å². The lowest BCUT2D eigenvalue weighted by molar-refractivity contribution is -0.119. The van der Waals surface area contributed by atoms with E-state index in [0.29, 0.717) is 10.8 Å². The fourth-order valence-corrected chi connectivity index (χ4v) is 4.06. The van der Waals surface area contributed by atoms with Gasteiger partial charge in [0.1, 0.15) is 0 Å². The van der Waals surface area contributed by atoms with E-state index < -0.39 is 0 Å². The minimum atomic E-state index is -0.146. The SMILES string of the molecule is Cc1c(Cl)cccc1-n1ccnc1SCC(=O)NC(C)c1ccc2c(c1)OCO2. The minimum absolute atomic E-state index is 0.0717. The first-order chi connectivity index (χ1) is 14.0. The van der Waals surface area contributed by atoms with Gasteiger partial charge < -0.3 is 14.8 Å². The Hall–Kier alpha value is -2.64. The molecule has 0 aliphatic carbocycles. The predicted molar refractivity (Wildman–Crippen MR) is 113 cm³/mol. The molecule has 1 aliphatic heterocycles. The number of carbonyl (C=O) groups is 1. The summed E-state index contributed by atoms with van der Waals surface area (Å²) >= 11 is 7.62. The molecule has 1 aromatic heterocycles. The zero-order chi connectivity index (χ0) is 20.4. The average molecular weight is 430 g/mol. The van der Waals surface area contributed by atoms with Gasteiger partial charge in [-0.2, -0.15) is 0 Å². The number of nitrogens with zero attached hydrogens (tertiary/aromatic N) is 2. The summed E-state index contributed by atoms with van der Waals surface area (Å²) in [5.74, 6) is 1.62. The molecule has 8 heteroatoms. The number of imidazole rings is 1. The number of amides is 1. The van der Waals surface area contributed by atoms with Gasteiger partial charge in [-0.05, 0) is 49.2 Å². The van der Waals surface area contributed by atoms with Crippen LogP contribution in [0.4, 0.5) is 0 Å². The number of hydrogen-bond donors (Lipinski definition) is 1. The van der Waals surface area contributed by atoms with Gasteiger partial charge >= 0.3 is 0 Å². The number of aromatic nitrogens is 2. The Morgan fingerprint density at radius 2 is 2.14 bits per heavy atom.